The van der Waals surface area contributed by atoms with Crippen molar-refractivity contribution >= 4 is 5.91 Å². The second-order valence-corrected chi connectivity index (χ2v) is 9.42. The lowest BCUT2D eigenvalue weighted by Crippen LogP contribution is -2.49. The van der Waals surface area contributed by atoms with Crippen LogP contribution in [0.15, 0.2) is 79.1 Å². The van der Waals surface area contributed by atoms with Gasteiger partial charge in [0.1, 0.15) is 0 Å². The van der Waals surface area contributed by atoms with Gasteiger partial charge in [-0.1, -0.05) is 67.6 Å². The number of benzene rings is 2. The first-order valence-electron chi connectivity index (χ1n) is 12.1. The summed E-state index contributed by atoms with van der Waals surface area (Å²) >= 11 is 0. The van der Waals surface area contributed by atoms with Crippen LogP contribution < -0.4 is 5.32 Å². The summed E-state index contributed by atoms with van der Waals surface area (Å²) in [4.78, 5) is 19.8. The van der Waals surface area contributed by atoms with Gasteiger partial charge in [-0.2, -0.15) is 0 Å². The normalized spacial score (nSPS) is 16.8. The van der Waals surface area contributed by atoms with Crippen LogP contribution in [0.25, 0.3) is 11.1 Å². The fraction of sp³-hybridized carbons (Fsp3) is 0.379. The molecule has 1 aliphatic heterocycles. The number of hydrogen-bond donors (Lipinski definition) is 1. The van der Waals surface area contributed by atoms with Crippen LogP contribution in [0.4, 0.5) is 0 Å². The number of piperidine rings is 1. The molecule has 4 heteroatoms. The molecule has 172 valence electrons. The first kappa shape index (κ1) is 23.2. The van der Waals surface area contributed by atoms with Gasteiger partial charge >= 0.3 is 0 Å². The van der Waals surface area contributed by atoms with Gasteiger partial charge in [0.2, 0.25) is 5.91 Å². The van der Waals surface area contributed by atoms with Crippen LogP contribution >= 0.6 is 0 Å². The summed E-state index contributed by atoms with van der Waals surface area (Å²) in [5.41, 5.74) is 4.57. The lowest BCUT2D eigenvalue weighted by Gasteiger charge is -2.41. The molecule has 3 aromatic rings. The van der Waals surface area contributed by atoms with E-state index in [4.69, 9.17) is 0 Å². The van der Waals surface area contributed by atoms with E-state index in [1.807, 2.05) is 12.3 Å². The highest BCUT2D eigenvalue weighted by Gasteiger charge is 2.40. The molecule has 1 unspecified atom stereocenters. The Morgan fingerprint density at radius 3 is 2.36 bits per heavy atom. The maximum atomic E-state index is 13.0. The molecule has 0 bridgehead atoms. The molecule has 0 saturated carbocycles. The zero-order valence-corrected chi connectivity index (χ0v) is 19.8. The molecule has 33 heavy (non-hydrogen) atoms. The number of aromatic nitrogens is 1. The van der Waals surface area contributed by atoms with Crippen molar-refractivity contribution in [3.05, 3.63) is 90.3 Å². The van der Waals surface area contributed by atoms with Gasteiger partial charge in [0, 0.05) is 19.4 Å². The summed E-state index contributed by atoms with van der Waals surface area (Å²) in [6.45, 7) is 5.34. The molecule has 1 aliphatic rings. The number of amides is 1. The second-order valence-electron chi connectivity index (χ2n) is 9.42. The molecule has 0 aliphatic carbocycles. The minimum Gasteiger partial charge on any atom is -0.359 e. The van der Waals surface area contributed by atoms with E-state index in [-0.39, 0.29) is 11.3 Å². The number of nitrogens with zero attached hydrogens (tertiary/aromatic N) is 2. The minimum atomic E-state index is -0.327. The average Bonchev–Trinajstić information content (AvgIpc) is 2.89. The highest BCUT2D eigenvalue weighted by atomic mass is 16.2. The largest absolute Gasteiger partial charge is 0.359 e. The molecule has 1 atom stereocenters. The fourth-order valence-electron chi connectivity index (χ4n) is 5.02. The Morgan fingerprint density at radius 2 is 1.73 bits per heavy atom. The monoisotopic (exact) mass is 441 g/mol. The lowest BCUT2D eigenvalue weighted by molar-refractivity contribution is -0.133. The van der Waals surface area contributed by atoms with Crippen molar-refractivity contribution in [2.45, 2.75) is 38.5 Å². The van der Waals surface area contributed by atoms with Crippen LogP contribution in [-0.4, -0.2) is 42.5 Å². The second kappa shape index (κ2) is 10.8. The summed E-state index contributed by atoms with van der Waals surface area (Å²) < 4.78 is 0. The molecule has 0 radical (unpaired) electrons. The van der Waals surface area contributed by atoms with Gasteiger partial charge in [-0.3, -0.25) is 9.78 Å². The van der Waals surface area contributed by atoms with Crippen molar-refractivity contribution in [1.29, 1.82) is 0 Å². The molecule has 0 spiro atoms. The number of carbonyl (C=O) groups is 1. The van der Waals surface area contributed by atoms with Crippen LogP contribution in [-0.2, 0) is 11.2 Å². The third-order valence-electron chi connectivity index (χ3n) is 7.26. The summed E-state index contributed by atoms with van der Waals surface area (Å²) in [7, 11) is 1.77. The average molecular weight is 442 g/mol. The Kier molecular flexibility index (Phi) is 7.56. The Morgan fingerprint density at radius 1 is 1.00 bits per heavy atom. The molecule has 4 nitrogen and oxygen atoms in total. The number of nitrogens with one attached hydrogen (secondary N) is 1. The molecule has 1 amide bonds. The quantitative estimate of drug-likeness (QED) is 0.515. The van der Waals surface area contributed by atoms with E-state index < -0.39 is 0 Å². The van der Waals surface area contributed by atoms with Gasteiger partial charge in [0.15, 0.2) is 0 Å². The van der Waals surface area contributed by atoms with Crippen molar-refractivity contribution < 1.29 is 4.79 Å². The Hall–Kier alpha value is -2.98. The van der Waals surface area contributed by atoms with Gasteiger partial charge in [-0.15, -0.1) is 0 Å². The predicted octanol–water partition coefficient (Wildman–Crippen LogP) is 5.31. The van der Waals surface area contributed by atoms with Crippen molar-refractivity contribution in [2.75, 3.05) is 26.7 Å². The van der Waals surface area contributed by atoms with Crippen molar-refractivity contribution in [2.24, 2.45) is 5.41 Å². The lowest BCUT2D eigenvalue weighted by atomic mass is 9.72. The van der Waals surface area contributed by atoms with E-state index in [1.54, 1.807) is 13.2 Å². The highest BCUT2D eigenvalue weighted by molar-refractivity contribution is 5.83. The highest BCUT2D eigenvalue weighted by Crippen LogP contribution is 2.36. The third kappa shape index (κ3) is 5.69. The number of likely N-dealkylation sites (tertiary alicyclic amines) is 1. The fourth-order valence-corrected chi connectivity index (χ4v) is 5.02. The molecular formula is C29H35N3O. The van der Waals surface area contributed by atoms with Crippen molar-refractivity contribution in [3.8, 4) is 11.1 Å². The summed E-state index contributed by atoms with van der Waals surface area (Å²) in [6.07, 6.45) is 7.41. The molecular weight excluding hydrogens is 406 g/mol. The molecule has 1 aromatic heterocycles. The van der Waals surface area contributed by atoms with E-state index in [0.29, 0.717) is 5.92 Å². The zero-order valence-electron chi connectivity index (χ0n) is 19.8. The smallest absolute Gasteiger partial charge is 0.226 e. The molecule has 1 saturated heterocycles. The molecule has 1 N–H and O–H groups in total. The molecule has 2 heterocycles. The van der Waals surface area contributed by atoms with E-state index in [2.05, 4.69) is 82.8 Å². The number of carbonyl (C=O) groups excluding carboxylic acids is 1. The van der Waals surface area contributed by atoms with Gasteiger partial charge in [0.25, 0.3) is 0 Å². The van der Waals surface area contributed by atoms with E-state index in [1.165, 1.54) is 11.1 Å². The maximum Gasteiger partial charge on any atom is 0.226 e. The molecule has 1 fully saturated rings. The minimum absolute atomic E-state index is 0.177. The van der Waals surface area contributed by atoms with Crippen LogP contribution in [0.2, 0.25) is 0 Å². The predicted molar refractivity (Wildman–Crippen MR) is 135 cm³/mol. The van der Waals surface area contributed by atoms with E-state index in [0.717, 1.165) is 56.4 Å². The Labute approximate surface area is 198 Å². The van der Waals surface area contributed by atoms with E-state index >= 15 is 0 Å². The van der Waals surface area contributed by atoms with Gasteiger partial charge in [-0.25, -0.2) is 0 Å². The van der Waals surface area contributed by atoms with Crippen LogP contribution in [0, 0.1) is 5.41 Å². The Balaban J connectivity index is 1.37. The summed E-state index contributed by atoms with van der Waals surface area (Å²) in [5.74, 6) is 0.728. The van der Waals surface area contributed by atoms with E-state index in [9.17, 15) is 4.79 Å². The number of rotatable bonds is 8. The van der Waals surface area contributed by atoms with Gasteiger partial charge in [0.05, 0.1) is 5.41 Å². The summed E-state index contributed by atoms with van der Waals surface area (Å²) in [5, 5.41) is 2.95. The first-order valence-corrected chi connectivity index (χ1v) is 12.1. The zero-order chi connectivity index (χ0) is 23.1. The SMILES string of the molecule is CNC(=O)C1(Cc2ccc(-c3cccnc3)cc2)CCN(CCC(C)c2ccccc2)CC1. The molecule has 4 rings (SSSR count). The van der Waals surface area contributed by atoms with Crippen LogP contribution in [0.3, 0.4) is 0 Å². The number of hydrogen-bond acceptors (Lipinski definition) is 3. The van der Waals surface area contributed by atoms with Gasteiger partial charge in [-0.05, 0) is 79.6 Å². The topological polar surface area (TPSA) is 45.2 Å². The first-order chi connectivity index (χ1) is 16.1. The maximum absolute atomic E-state index is 13.0. The Bertz CT molecular complexity index is 1010. The van der Waals surface area contributed by atoms with Gasteiger partial charge < -0.3 is 10.2 Å². The molecule has 2 aromatic carbocycles. The van der Waals surface area contributed by atoms with Crippen LogP contribution in [0.5, 0.6) is 0 Å². The summed E-state index contributed by atoms with van der Waals surface area (Å²) in [6, 6.07) is 23.4. The number of pyridine rings is 1. The van der Waals surface area contributed by atoms with Crippen molar-refractivity contribution in [3.63, 3.8) is 0 Å². The standard InChI is InChI=1S/C29H35N3O/c1-23(25-7-4-3-5-8-25)14-18-32-19-15-29(16-20-32,28(33)30-2)21-24-10-12-26(13-11-24)27-9-6-17-31-22-27/h3-13,17,22-23H,14-16,18-21H2,1-2H3,(H,30,33). The third-order valence-corrected chi connectivity index (χ3v) is 7.26. The van der Waals surface area contributed by atoms with Crippen LogP contribution in [0.1, 0.15) is 43.2 Å². The van der Waals surface area contributed by atoms with Crippen molar-refractivity contribution in [1.82, 2.24) is 15.2 Å².